The highest BCUT2D eigenvalue weighted by atomic mass is 14.6. The summed E-state index contributed by atoms with van der Waals surface area (Å²) >= 11 is 0. The summed E-state index contributed by atoms with van der Waals surface area (Å²) in [7, 11) is 0. The lowest BCUT2D eigenvalue weighted by Gasteiger charge is -2.41. The molecule has 19 heavy (non-hydrogen) atoms. The largest absolute Gasteiger partial charge is 0.0625 e. The molecule has 4 aliphatic rings. The Morgan fingerprint density at radius 1 is 0.737 bits per heavy atom. The van der Waals surface area contributed by atoms with Crippen LogP contribution >= 0.6 is 0 Å². The number of fused-ring (bicyclic) bond motifs is 1. The molecule has 0 aliphatic heterocycles. The van der Waals surface area contributed by atoms with Gasteiger partial charge in [0.05, 0.1) is 0 Å². The van der Waals surface area contributed by atoms with Gasteiger partial charge in [-0.3, -0.25) is 0 Å². The van der Waals surface area contributed by atoms with Crippen molar-refractivity contribution in [2.24, 2.45) is 53.3 Å². The standard InChI is InChI=1S/C19H34/c1-11(2)13(4)14(5)12(3)6-15-7-18-10-19(18)17-8-16(15)9-17/h11-19H,6-10H2,1-5H3. The van der Waals surface area contributed by atoms with Gasteiger partial charge in [0, 0.05) is 0 Å². The van der Waals surface area contributed by atoms with Gasteiger partial charge in [-0.25, -0.2) is 0 Å². The summed E-state index contributed by atoms with van der Waals surface area (Å²) in [6, 6.07) is 0. The summed E-state index contributed by atoms with van der Waals surface area (Å²) in [5.74, 6) is 9.27. The smallest absolute Gasteiger partial charge is 0.0354 e. The van der Waals surface area contributed by atoms with Crippen LogP contribution in [0.5, 0.6) is 0 Å². The van der Waals surface area contributed by atoms with E-state index >= 15 is 0 Å². The van der Waals surface area contributed by atoms with E-state index < -0.39 is 0 Å². The van der Waals surface area contributed by atoms with E-state index in [4.69, 9.17) is 0 Å². The zero-order valence-corrected chi connectivity index (χ0v) is 13.7. The molecular weight excluding hydrogens is 228 g/mol. The molecule has 4 aliphatic carbocycles. The molecule has 4 saturated carbocycles. The van der Waals surface area contributed by atoms with Crippen LogP contribution in [0, 0.1) is 53.3 Å². The van der Waals surface area contributed by atoms with Gasteiger partial charge in [-0.2, -0.15) is 0 Å². The third-order valence-corrected chi connectivity index (χ3v) is 7.52. The Morgan fingerprint density at radius 3 is 2.00 bits per heavy atom. The molecule has 6 unspecified atom stereocenters. The van der Waals surface area contributed by atoms with E-state index in [-0.39, 0.29) is 0 Å². The normalized spacial score (nSPS) is 44.8. The van der Waals surface area contributed by atoms with Crippen LogP contribution in [-0.2, 0) is 0 Å². The van der Waals surface area contributed by atoms with Gasteiger partial charge in [-0.15, -0.1) is 0 Å². The van der Waals surface area contributed by atoms with Crippen molar-refractivity contribution in [1.29, 1.82) is 0 Å². The first kappa shape index (κ1) is 14.0. The summed E-state index contributed by atoms with van der Waals surface area (Å²) in [4.78, 5) is 0. The Morgan fingerprint density at radius 2 is 1.37 bits per heavy atom. The highest BCUT2D eigenvalue weighted by Crippen LogP contribution is 2.63. The Hall–Kier alpha value is 0. The Balaban J connectivity index is 1.55. The highest BCUT2D eigenvalue weighted by Gasteiger charge is 2.54. The van der Waals surface area contributed by atoms with Gasteiger partial charge in [0.2, 0.25) is 0 Å². The number of hydrogen-bond donors (Lipinski definition) is 0. The van der Waals surface area contributed by atoms with Crippen molar-refractivity contribution in [3.63, 3.8) is 0 Å². The molecule has 0 aromatic rings. The zero-order valence-electron chi connectivity index (χ0n) is 13.7. The molecule has 0 saturated heterocycles. The fourth-order valence-electron chi connectivity index (χ4n) is 5.25. The summed E-state index contributed by atoms with van der Waals surface area (Å²) in [5, 5.41) is 0. The molecule has 0 N–H and O–H groups in total. The summed E-state index contributed by atoms with van der Waals surface area (Å²) < 4.78 is 0. The van der Waals surface area contributed by atoms with E-state index in [9.17, 15) is 0 Å². The molecule has 0 amide bonds. The molecular formula is C19H34. The van der Waals surface area contributed by atoms with Crippen molar-refractivity contribution in [2.45, 2.75) is 66.7 Å². The second kappa shape index (κ2) is 5.08. The van der Waals surface area contributed by atoms with Crippen LogP contribution < -0.4 is 0 Å². The van der Waals surface area contributed by atoms with Crippen molar-refractivity contribution in [3.05, 3.63) is 0 Å². The average Bonchev–Trinajstić information content (AvgIpc) is 3.03. The van der Waals surface area contributed by atoms with Crippen molar-refractivity contribution >= 4 is 0 Å². The maximum atomic E-state index is 2.54. The topological polar surface area (TPSA) is 0 Å². The van der Waals surface area contributed by atoms with Gasteiger partial charge in [0.15, 0.2) is 0 Å². The van der Waals surface area contributed by atoms with Crippen molar-refractivity contribution < 1.29 is 0 Å². The SMILES string of the molecule is CC(C)C(C)C(C)C(C)CC1CC2CC2C2CC1C2. The zero-order chi connectivity index (χ0) is 13.7. The Labute approximate surface area is 120 Å². The number of rotatable bonds is 5. The van der Waals surface area contributed by atoms with Crippen LogP contribution in [0.3, 0.4) is 0 Å². The summed E-state index contributed by atoms with van der Waals surface area (Å²) in [6.07, 6.45) is 7.93. The summed E-state index contributed by atoms with van der Waals surface area (Å²) in [6.45, 7) is 12.3. The van der Waals surface area contributed by atoms with Gasteiger partial charge in [0.1, 0.15) is 0 Å². The fraction of sp³-hybridized carbons (Fsp3) is 1.00. The quantitative estimate of drug-likeness (QED) is 0.603. The predicted octanol–water partition coefficient (Wildman–Crippen LogP) is 5.62. The molecule has 0 radical (unpaired) electrons. The van der Waals surface area contributed by atoms with E-state index in [0.29, 0.717) is 0 Å². The average molecular weight is 262 g/mol. The minimum absolute atomic E-state index is 0.840. The third kappa shape index (κ3) is 2.61. The van der Waals surface area contributed by atoms with E-state index in [1.165, 1.54) is 18.3 Å². The summed E-state index contributed by atoms with van der Waals surface area (Å²) in [5.41, 5.74) is 0. The van der Waals surface area contributed by atoms with Crippen LogP contribution in [0.1, 0.15) is 66.7 Å². The van der Waals surface area contributed by atoms with Crippen LogP contribution in [0.15, 0.2) is 0 Å². The minimum atomic E-state index is 0.840. The Bertz CT molecular complexity index is 312. The van der Waals surface area contributed by atoms with E-state index in [1.807, 2.05) is 0 Å². The van der Waals surface area contributed by atoms with Crippen LogP contribution in [-0.4, -0.2) is 0 Å². The minimum Gasteiger partial charge on any atom is -0.0625 e. The van der Waals surface area contributed by atoms with Crippen molar-refractivity contribution in [2.75, 3.05) is 0 Å². The van der Waals surface area contributed by atoms with Gasteiger partial charge < -0.3 is 0 Å². The lowest BCUT2D eigenvalue weighted by molar-refractivity contribution is 0.0943. The Kier molecular flexibility index (Phi) is 3.73. The van der Waals surface area contributed by atoms with Gasteiger partial charge in [-0.05, 0) is 85.4 Å². The lowest BCUT2D eigenvalue weighted by Crippen LogP contribution is -2.31. The van der Waals surface area contributed by atoms with Crippen LogP contribution in [0.4, 0.5) is 0 Å². The first-order valence-electron chi connectivity index (χ1n) is 8.97. The molecule has 0 aromatic carbocycles. The lowest BCUT2D eigenvalue weighted by atomic mass is 9.65. The molecule has 0 heteroatoms. The second-order valence-corrected chi connectivity index (χ2v) is 8.82. The molecule has 4 fully saturated rings. The van der Waals surface area contributed by atoms with Gasteiger partial charge >= 0.3 is 0 Å². The molecule has 110 valence electrons. The fourth-order valence-corrected chi connectivity index (χ4v) is 5.25. The first-order chi connectivity index (χ1) is 8.97. The van der Waals surface area contributed by atoms with Gasteiger partial charge in [0.25, 0.3) is 0 Å². The molecule has 0 heterocycles. The van der Waals surface area contributed by atoms with Gasteiger partial charge in [-0.1, -0.05) is 34.6 Å². The predicted molar refractivity (Wildman–Crippen MR) is 82.9 cm³/mol. The van der Waals surface area contributed by atoms with Crippen molar-refractivity contribution in [3.8, 4) is 0 Å². The van der Waals surface area contributed by atoms with E-state index in [2.05, 4.69) is 34.6 Å². The number of hydrogen-bond acceptors (Lipinski definition) is 0. The highest BCUT2D eigenvalue weighted by molar-refractivity contribution is 5.03. The molecule has 0 spiro atoms. The van der Waals surface area contributed by atoms with Crippen molar-refractivity contribution in [1.82, 2.24) is 0 Å². The third-order valence-electron chi connectivity index (χ3n) is 7.52. The monoisotopic (exact) mass is 262 g/mol. The second-order valence-electron chi connectivity index (χ2n) is 8.82. The van der Waals surface area contributed by atoms with E-state index in [1.54, 1.807) is 25.7 Å². The molecule has 6 atom stereocenters. The van der Waals surface area contributed by atoms with Crippen LogP contribution in [0.2, 0.25) is 0 Å². The van der Waals surface area contributed by atoms with E-state index in [0.717, 1.165) is 41.4 Å². The molecule has 0 nitrogen and oxygen atoms in total. The van der Waals surface area contributed by atoms with Crippen LogP contribution in [0.25, 0.3) is 0 Å². The first-order valence-corrected chi connectivity index (χ1v) is 8.97. The molecule has 2 bridgehead atoms. The molecule has 0 aromatic heterocycles. The maximum Gasteiger partial charge on any atom is -0.0354 e. The molecule has 4 rings (SSSR count). The maximum absolute atomic E-state index is 2.54.